The van der Waals surface area contributed by atoms with Crippen molar-refractivity contribution in [1.29, 1.82) is 0 Å². The van der Waals surface area contributed by atoms with Gasteiger partial charge < -0.3 is 5.32 Å². The lowest BCUT2D eigenvalue weighted by Gasteiger charge is -2.17. The molecule has 1 unspecified atom stereocenters. The lowest BCUT2D eigenvalue weighted by Crippen LogP contribution is -2.19. The highest BCUT2D eigenvalue weighted by Gasteiger charge is 2.11. The number of hydrogen-bond acceptors (Lipinski definition) is 1. The zero-order chi connectivity index (χ0) is 13.7. The van der Waals surface area contributed by atoms with Crippen LogP contribution < -0.4 is 5.32 Å². The summed E-state index contributed by atoms with van der Waals surface area (Å²) in [6.45, 7) is 0.980. The van der Waals surface area contributed by atoms with E-state index in [1.165, 1.54) is 11.1 Å². The Morgan fingerprint density at radius 3 is 2.37 bits per heavy atom. The van der Waals surface area contributed by atoms with Gasteiger partial charge >= 0.3 is 0 Å². The van der Waals surface area contributed by atoms with E-state index >= 15 is 0 Å². The molecule has 0 radical (unpaired) electrons. The number of nitrogens with one attached hydrogen (secondary N) is 1. The van der Waals surface area contributed by atoms with Gasteiger partial charge in [-0.25, -0.2) is 0 Å². The van der Waals surface area contributed by atoms with Gasteiger partial charge in [-0.2, -0.15) is 0 Å². The van der Waals surface area contributed by atoms with Crippen LogP contribution in [-0.4, -0.2) is 13.6 Å². The molecule has 0 saturated heterocycles. The van der Waals surface area contributed by atoms with Gasteiger partial charge in [-0.1, -0.05) is 56.1 Å². The third kappa shape index (κ3) is 4.44. The second kappa shape index (κ2) is 7.22. The number of hydrogen-bond donors (Lipinski definition) is 1. The molecule has 19 heavy (non-hydrogen) atoms. The van der Waals surface area contributed by atoms with E-state index in [0.29, 0.717) is 5.92 Å². The van der Waals surface area contributed by atoms with Crippen LogP contribution in [0.25, 0.3) is 0 Å². The topological polar surface area (TPSA) is 12.0 Å². The number of halogens is 2. The molecule has 0 aromatic heterocycles. The third-order valence-corrected chi connectivity index (χ3v) is 4.18. The van der Waals surface area contributed by atoms with Crippen LogP contribution in [0.1, 0.15) is 17.0 Å². The molecule has 2 rings (SSSR count). The largest absolute Gasteiger partial charge is 0.319 e. The monoisotopic (exact) mass is 381 g/mol. The molecular weight excluding hydrogens is 366 g/mol. The van der Waals surface area contributed by atoms with Gasteiger partial charge in [0.05, 0.1) is 0 Å². The van der Waals surface area contributed by atoms with Crippen LogP contribution in [-0.2, 0) is 6.42 Å². The molecule has 1 atom stereocenters. The highest BCUT2D eigenvalue weighted by molar-refractivity contribution is 9.10. The summed E-state index contributed by atoms with van der Waals surface area (Å²) in [5.74, 6) is 0.493. The van der Waals surface area contributed by atoms with Gasteiger partial charge in [0.25, 0.3) is 0 Å². The van der Waals surface area contributed by atoms with E-state index in [0.717, 1.165) is 21.9 Å². The van der Waals surface area contributed by atoms with Gasteiger partial charge in [0.1, 0.15) is 0 Å². The predicted molar refractivity (Wildman–Crippen MR) is 88.7 cm³/mol. The van der Waals surface area contributed by atoms with E-state index in [1.807, 2.05) is 7.05 Å². The fraction of sp³-hybridized carbons (Fsp3) is 0.250. The van der Waals surface area contributed by atoms with Gasteiger partial charge in [0.2, 0.25) is 0 Å². The average molecular weight is 383 g/mol. The van der Waals surface area contributed by atoms with Gasteiger partial charge in [0.15, 0.2) is 0 Å². The smallest absolute Gasteiger partial charge is 0.0177 e. The SMILES string of the molecule is CNCC(Cc1cccc(Br)c1)c1ccc(Br)cc1. The minimum absolute atomic E-state index is 0.493. The molecule has 2 aromatic rings. The summed E-state index contributed by atoms with van der Waals surface area (Å²) >= 11 is 7.02. The van der Waals surface area contributed by atoms with Crippen molar-refractivity contribution in [2.75, 3.05) is 13.6 Å². The summed E-state index contributed by atoms with van der Waals surface area (Å²) in [7, 11) is 2.01. The molecule has 0 saturated carbocycles. The number of likely N-dealkylation sites (N-methyl/N-ethyl adjacent to an activating group) is 1. The highest BCUT2D eigenvalue weighted by atomic mass is 79.9. The normalized spacial score (nSPS) is 12.4. The molecule has 0 amide bonds. The van der Waals surface area contributed by atoms with E-state index in [1.54, 1.807) is 0 Å². The second-order valence-corrected chi connectivity index (χ2v) is 6.47. The lowest BCUT2D eigenvalue weighted by molar-refractivity contribution is 0.625. The molecule has 0 heterocycles. The van der Waals surface area contributed by atoms with E-state index in [4.69, 9.17) is 0 Å². The molecule has 0 spiro atoms. The quantitative estimate of drug-likeness (QED) is 0.786. The van der Waals surface area contributed by atoms with E-state index in [2.05, 4.69) is 85.7 Å². The van der Waals surface area contributed by atoms with Gasteiger partial charge in [-0.05, 0) is 48.9 Å². The van der Waals surface area contributed by atoms with Crippen LogP contribution >= 0.6 is 31.9 Å². The predicted octanol–water partition coefficient (Wildman–Crippen LogP) is 4.76. The maximum absolute atomic E-state index is 3.54. The Kier molecular flexibility index (Phi) is 5.61. The standard InChI is InChI=1S/C16H17Br2N/c1-19-11-14(13-5-7-15(17)8-6-13)9-12-3-2-4-16(18)10-12/h2-8,10,14,19H,9,11H2,1H3. The molecule has 1 nitrogen and oxygen atoms in total. The molecule has 0 aliphatic rings. The van der Waals surface area contributed by atoms with Crippen molar-refractivity contribution in [3.8, 4) is 0 Å². The van der Waals surface area contributed by atoms with Gasteiger partial charge in [-0.15, -0.1) is 0 Å². The fourth-order valence-electron chi connectivity index (χ4n) is 2.24. The Labute approximate surface area is 131 Å². The highest BCUT2D eigenvalue weighted by Crippen LogP contribution is 2.23. The zero-order valence-electron chi connectivity index (χ0n) is 10.9. The Bertz CT molecular complexity index is 523. The van der Waals surface area contributed by atoms with Gasteiger partial charge in [-0.3, -0.25) is 0 Å². The molecule has 0 bridgehead atoms. The van der Waals surface area contributed by atoms with E-state index in [-0.39, 0.29) is 0 Å². The molecule has 2 aromatic carbocycles. The lowest BCUT2D eigenvalue weighted by atomic mass is 9.92. The van der Waals surface area contributed by atoms with Crippen molar-refractivity contribution in [3.05, 3.63) is 68.6 Å². The van der Waals surface area contributed by atoms with Crippen LogP contribution in [0.5, 0.6) is 0 Å². The second-order valence-electron chi connectivity index (χ2n) is 4.64. The van der Waals surface area contributed by atoms with Crippen molar-refractivity contribution in [2.24, 2.45) is 0 Å². The summed E-state index contributed by atoms with van der Waals surface area (Å²) < 4.78 is 2.27. The van der Waals surface area contributed by atoms with Crippen molar-refractivity contribution >= 4 is 31.9 Å². The summed E-state index contributed by atoms with van der Waals surface area (Å²) in [6, 6.07) is 17.2. The summed E-state index contributed by atoms with van der Waals surface area (Å²) in [6.07, 6.45) is 1.04. The molecule has 3 heteroatoms. The van der Waals surface area contributed by atoms with E-state index in [9.17, 15) is 0 Å². The summed E-state index contributed by atoms with van der Waals surface area (Å²) in [4.78, 5) is 0. The van der Waals surface area contributed by atoms with Crippen LogP contribution in [0.3, 0.4) is 0 Å². The molecule has 0 aliphatic heterocycles. The van der Waals surface area contributed by atoms with Crippen LogP contribution in [0, 0.1) is 0 Å². The van der Waals surface area contributed by atoms with Crippen molar-refractivity contribution < 1.29 is 0 Å². The minimum atomic E-state index is 0.493. The first kappa shape index (κ1) is 14.8. The Morgan fingerprint density at radius 1 is 1.00 bits per heavy atom. The minimum Gasteiger partial charge on any atom is -0.319 e. The third-order valence-electron chi connectivity index (χ3n) is 3.16. The summed E-state index contributed by atoms with van der Waals surface area (Å²) in [5.41, 5.74) is 2.73. The van der Waals surface area contributed by atoms with E-state index < -0.39 is 0 Å². The molecule has 100 valence electrons. The van der Waals surface area contributed by atoms with Crippen LogP contribution in [0.2, 0.25) is 0 Å². The Morgan fingerprint density at radius 2 is 1.74 bits per heavy atom. The first-order valence-electron chi connectivity index (χ1n) is 6.33. The first-order chi connectivity index (χ1) is 9.19. The molecule has 0 fully saturated rings. The summed E-state index contributed by atoms with van der Waals surface area (Å²) in [5, 5.41) is 3.29. The van der Waals surface area contributed by atoms with Gasteiger partial charge in [0, 0.05) is 21.4 Å². The molecule has 1 N–H and O–H groups in total. The number of rotatable bonds is 5. The Hall–Kier alpha value is -0.640. The fourth-order valence-corrected chi connectivity index (χ4v) is 2.95. The maximum atomic E-state index is 3.54. The molecule has 0 aliphatic carbocycles. The number of benzene rings is 2. The maximum Gasteiger partial charge on any atom is 0.0177 e. The average Bonchev–Trinajstić information content (AvgIpc) is 2.39. The van der Waals surface area contributed by atoms with Crippen LogP contribution in [0.4, 0.5) is 0 Å². The van der Waals surface area contributed by atoms with Crippen molar-refractivity contribution in [1.82, 2.24) is 5.32 Å². The van der Waals surface area contributed by atoms with Crippen molar-refractivity contribution in [2.45, 2.75) is 12.3 Å². The first-order valence-corrected chi connectivity index (χ1v) is 7.92. The molecular formula is C16H17Br2N. The zero-order valence-corrected chi connectivity index (χ0v) is 14.0. The van der Waals surface area contributed by atoms with Crippen LogP contribution in [0.15, 0.2) is 57.5 Å². The Balaban J connectivity index is 2.18. The van der Waals surface area contributed by atoms with Crippen molar-refractivity contribution in [3.63, 3.8) is 0 Å².